The maximum absolute atomic E-state index is 5.80. The third kappa shape index (κ3) is 4.10. The molecule has 0 spiro atoms. The van der Waals surface area contributed by atoms with Crippen molar-refractivity contribution in [2.45, 2.75) is 25.7 Å². The molecule has 0 saturated carbocycles. The molecule has 4 nitrogen and oxygen atoms in total. The summed E-state index contributed by atoms with van der Waals surface area (Å²) < 4.78 is 22.1. The van der Waals surface area contributed by atoms with Crippen LogP contribution in [-0.4, -0.2) is 27.3 Å². The summed E-state index contributed by atoms with van der Waals surface area (Å²) in [6.45, 7) is 2.10. The predicted octanol–water partition coefficient (Wildman–Crippen LogP) is 3.99. The van der Waals surface area contributed by atoms with E-state index in [2.05, 4.69) is 19.1 Å². The third-order valence-electron chi connectivity index (χ3n) is 3.91. The summed E-state index contributed by atoms with van der Waals surface area (Å²) in [6, 6.07) is 8.05. The lowest BCUT2D eigenvalue weighted by molar-refractivity contribution is -0.324. The van der Waals surface area contributed by atoms with Gasteiger partial charge in [-0.1, -0.05) is 35.9 Å². The Morgan fingerprint density at radius 2 is 1.65 bits per heavy atom. The van der Waals surface area contributed by atoms with E-state index in [0.717, 1.165) is 18.6 Å². The van der Waals surface area contributed by atoms with E-state index in [1.54, 1.807) is 33.7 Å². The summed E-state index contributed by atoms with van der Waals surface area (Å²) in [5.41, 5.74) is 3.15. The number of benzene rings is 1. The lowest BCUT2D eigenvalue weighted by Gasteiger charge is -2.29. The molecule has 0 radical (unpaired) electrons. The van der Waals surface area contributed by atoms with Gasteiger partial charge < -0.3 is 18.9 Å². The Morgan fingerprint density at radius 1 is 0.957 bits per heavy atom. The van der Waals surface area contributed by atoms with Gasteiger partial charge in [0, 0.05) is 26.9 Å². The third-order valence-corrected chi connectivity index (χ3v) is 3.91. The zero-order valence-corrected chi connectivity index (χ0v) is 14.2. The van der Waals surface area contributed by atoms with Gasteiger partial charge >= 0.3 is 5.97 Å². The second-order valence-corrected chi connectivity index (χ2v) is 5.33. The molecule has 0 amide bonds. The topological polar surface area (TPSA) is 36.9 Å². The monoisotopic (exact) mass is 316 g/mol. The lowest BCUT2D eigenvalue weighted by Crippen LogP contribution is -2.37. The Kier molecular flexibility index (Phi) is 6.16. The van der Waals surface area contributed by atoms with Crippen LogP contribution in [0.2, 0.25) is 0 Å². The molecule has 1 aromatic carbocycles. The van der Waals surface area contributed by atoms with Crippen molar-refractivity contribution < 1.29 is 18.9 Å². The molecule has 124 valence electrons. The highest BCUT2D eigenvalue weighted by atomic mass is 16.9. The molecule has 1 aromatic rings. The van der Waals surface area contributed by atoms with Gasteiger partial charge in [0.1, 0.15) is 5.75 Å². The fraction of sp³-hybridized carbons (Fsp3) is 0.368. The Hall–Kier alpha value is -1.88. The van der Waals surface area contributed by atoms with Crippen LogP contribution < -0.4 is 4.74 Å². The molecule has 0 unspecified atom stereocenters. The van der Waals surface area contributed by atoms with Gasteiger partial charge in [-0.05, 0) is 37.5 Å². The number of rotatable bonds is 4. The Bertz CT molecular complexity index is 601. The number of fused-ring (bicyclic) bond motifs is 1. The Morgan fingerprint density at radius 3 is 2.35 bits per heavy atom. The molecule has 1 heterocycles. The van der Waals surface area contributed by atoms with Gasteiger partial charge in [0.15, 0.2) is 0 Å². The van der Waals surface area contributed by atoms with E-state index in [1.165, 1.54) is 11.1 Å². The number of aryl methyl sites for hydroxylation is 1. The van der Waals surface area contributed by atoms with Crippen LogP contribution in [0, 0.1) is 0 Å². The first-order chi connectivity index (χ1) is 11.1. The molecule has 0 aromatic heterocycles. The molecule has 23 heavy (non-hydrogen) atoms. The fourth-order valence-corrected chi connectivity index (χ4v) is 2.52. The molecular formula is C19H24O4. The molecule has 1 aliphatic rings. The number of hydrogen-bond acceptors (Lipinski definition) is 4. The zero-order chi connectivity index (χ0) is 16.7. The van der Waals surface area contributed by atoms with Crippen LogP contribution in [0.25, 0.3) is 0 Å². The van der Waals surface area contributed by atoms with Crippen LogP contribution in [0.3, 0.4) is 0 Å². The second kappa shape index (κ2) is 8.11. The van der Waals surface area contributed by atoms with Gasteiger partial charge in [-0.2, -0.15) is 0 Å². The number of ether oxygens (including phenoxy) is 4. The summed E-state index contributed by atoms with van der Waals surface area (Å²) in [5.74, 6) is -0.403. The SMILES string of the molecule is COC(OC)(OC)C1=C/C=C(\C)CCc2ccccc2O\C=C\1. The number of methoxy groups -OCH3 is 3. The van der Waals surface area contributed by atoms with Gasteiger partial charge in [0.05, 0.1) is 6.26 Å². The number of hydrogen-bond donors (Lipinski definition) is 0. The van der Waals surface area contributed by atoms with Crippen LogP contribution in [0.4, 0.5) is 0 Å². The van der Waals surface area contributed by atoms with Crippen molar-refractivity contribution in [1.82, 2.24) is 0 Å². The van der Waals surface area contributed by atoms with Crippen LogP contribution in [-0.2, 0) is 20.6 Å². The van der Waals surface area contributed by atoms with E-state index >= 15 is 0 Å². The van der Waals surface area contributed by atoms with Gasteiger partial charge in [-0.15, -0.1) is 0 Å². The summed E-state index contributed by atoms with van der Waals surface area (Å²) in [4.78, 5) is 0. The van der Waals surface area contributed by atoms with Crippen LogP contribution in [0.1, 0.15) is 18.9 Å². The van der Waals surface area contributed by atoms with E-state index in [9.17, 15) is 0 Å². The van der Waals surface area contributed by atoms with E-state index in [0.29, 0.717) is 5.57 Å². The van der Waals surface area contributed by atoms with Crippen molar-refractivity contribution in [1.29, 1.82) is 0 Å². The standard InChI is InChI=1S/C19H24O4/c1-15-9-11-16-7-5-6-8-18(16)23-14-13-17(12-10-15)19(20-2,21-3)22-4/h5-8,10,12-14H,9,11H2,1-4H3/b14-13+,15-10+,17-12+. The van der Waals surface area contributed by atoms with Gasteiger partial charge in [-0.3, -0.25) is 0 Å². The van der Waals surface area contributed by atoms with E-state index in [-0.39, 0.29) is 0 Å². The van der Waals surface area contributed by atoms with Crippen molar-refractivity contribution in [3.05, 3.63) is 65.5 Å². The number of para-hydroxylation sites is 1. The highest BCUT2D eigenvalue weighted by molar-refractivity contribution is 5.36. The van der Waals surface area contributed by atoms with Crippen molar-refractivity contribution >= 4 is 0 Å². The molecule has 1 aliphatic heterocycles. The average Bonchev–Trinajstić information content (AvgIpc) is 2.62. The minimum atomic E-state index is -1.26. The maximum atomic E-state index is 5.80. The minimum absolute atomic E-state index is 0.712. The molecule has 0 N–H and O–H groups in total. The Labute approximate surface area is 138 Å². The summed E-state index contributed by atoms with van der Waals surface area (Å²) in [7, 11) is 4.62. The van der Waals surface area contributed by atoms with Gasteiger partial charge in [-0.25, -0.2) is 0 Å². The minimum Gasteiger partial charge on any atom is -0.465 e. The molecular weight excluding hydrogens is 292 g/mol. The normalized spacial score (nSPS) is 21.7. The van der Waals surface area contributed by atoms with Crippen LogP contribution >= 0.6 is 0 Å². The van der Waals surface area contributed by atoms with Crippen molar-refractivity contribution in [2.24, 2.45) is 0 Å². The van der Waals surface area contributed by atoms with E-state index in [1.807, 2.05) is 24.3 Å². The molecule has 0 bridgehead atoms. The molecule has 4 heteroatoms. The highest BCUT2D eigenvalue weighted by Gasteiger charge is 2.33. The first-order valence-electron chi connectivity index (χ1n) is 7.59. The second-order valence-electron chi connectivity index (χ2n) is 5.33. The quantitative estimate of drug-likeness (QED) is 0.787. The zero-order valence-electron chi connectivity index (χ0n) is 14.2. The summed E-state index contributed by atoms with van der Waals surface area (Å²) in [5, 5.41) is 0. The molecule has 0 saturated heterocycles. The fourth-order valence-electron chi connectivity index (χ4n) is 2.52. The van der Waals surface area contributed by atoms with E-state index < -0.39 is 5.97 Å². The van der Waals surface area contributed by atoms with Crippen molar-refractivity contribution in [2.75, 3.05) is 21.3 Å². The van der Waals surface area contributed by atoms with Crippen LogP contribution in [0.15, 0.2) is 59.9 Å². The highest BCUT2D eigenvalue weighted by Crippen LogP contribution is 2.27. The predicted molar refractivity (Wildman–Crippen MR) is 90.1 cm³/mol. The summed E-state index contributed by atoms with van der Waals surface area (Å²) >= 11 is 0. The Balaban J connectivity index is 2.41. The molecule has 2 rings (SSSR count). The molecule has 0 aliphatic carbocycles. The van der Waals surface area contributed by atoms with Crippen molar-refractivity contribution in [3.8, 4) is 5.75 Å². The van der Waals surface area contributed by atoms with Gasteiger partial charge in [0.2, 0.25) is 0 Å². The van der Waals surface area contributed by atoms with Crippen LogP contribution in [0.5, 0.6) is 5.75 Å². The first-order valence-corrected chi connectivity index (χ1v) is 7.59. The maximum Gasteiger partial charge on any atom is 0.311 e. The molecule has 0 fully saturated rings. The van der Waals surface area contributed by atoms with Gasteiger partial charge in [0.25, 0.3) is 0 Å². The van der Waals surface area contributed by atoms with E-state index in [4.69, 9.17) is 18.9 Å². The smallest absolute Gasteiger partial charge is 0.311 e. The molecule has 0 atom stereocenters. The first kappa shape index (κ1) is 17.5. The largest absolute Gasteiger partial charge is 0.465 e. The number of allylic oxidation sites excluding steroid dienone is 3. The lowest BCUT2D eigenvalue weighted by atomic mass is 10.0. The van der Waals surface area contributed by atoms with Crippen molar-refractivity contribution in [3.63, 3.8) is 0 Å². The average molecular weight is 316 g/mol. The summed E-state index contributed by atoms with van der Waals surface area (Å²) in [6.07, 6.45) is 9.29.